The highest BCUT2D eigenvalue weighted by Crippen LogP contribution is 2.18. The molecule has 1 saturated carbocycles. The zero-order chi connectivity index (χ0) is 15.9. The summed E-state index contributed by atoms with van der Waals surface area (Å²) >= 11 is 0. The van der Waals surface area contributed by atoms with Crippen LogP contribution in [0.5, 0.6) is 0 Å². The van der Waals surface area contributed by atoms with E-state index >= 15 is 0 Å². The second-order valence-electron chi connectivity index (χ2n) is 6.03. The molecule has 5 nitrogen and oxygen atoms in total. The van der Waals surface area contributed by atoms with Crippen molar-refractivity contribution in [2.75, 3.05) is 26.0 Å². The maximum Gasteiger partial charge on any atom is 0.251 e. The van der Waals surface area contributed by atoms with Crippen LogP contribution in [0.15, 0.2) is 24.3 Å². The summed E-state index contributed by atoms with van der Waals surface area (Å²) in [6, 6.07) is 7.59. The third-order valence-electron chi connectivity index (χ3n) is 4.01. The molecular formula is C17H25N3O2. The molecule has 2 amide bonds. The van der Waals surface area contributed by atoms with Gasteiger partial charge in [-0.2, -0.15) is 0 Å². The first kappa shape index (κ1) is 16.3. The van der Waals surface area contributed by atoms with Gasteiger partial charge in [-0.05, 0) is 31.0 Å². The Morgan fingerprint density at radius 3 is 2.59 bits per heavy atom. The number of rotatable bonds is 5. The molecule has 0 saturated heterocycles. The van der Waals surface area contributed by atoms with Gasteiger partial charge in [0, 0.05) is 31.4 Å². The van der Waals surface area contributed by atoms with Gasteiger partial charge in [0.2, 0.25) is 5.91 Å². The van der Waals surface area contributed by atoms with Crippen LogP contribution in [0.2, 0.25) is 0 Å². The van der Waals surface area contributed by atoms with Gasteiger partial charge in [0.05, 0.1) is 6.54 Å². The average molecular weight is 303 g/mol. The van der Waals surface area contributed by atoms with E-state index < -0.39 is 0 Å². The number of anilines is 1. The zero-order valence-corrected chi connectivity index (χ0v) is 13.4. The Hall–Kier alpha value is -2.04. The highest BCUT2D eigenvalue weighted by molar-refractivity contribution is 5.95. The minimum absolute atomic E-state index is 0.00272. The Kier molecular flexibility index (Phi) is 5.81. The molecule has 5 heteroatoms. The quantitative estimate of drug-likeness (QED) is 0.877. The Balaban J connectivity index is 1.92. The summed E-state index contributed by atoms with van der Waals surface area (Å²) in [5.74, 6) is -0.0356. The number of carbonyl (C=O) groups excluding carboxylic acids is 2. The highest BCUT2D eigenvalue weighted by atomic mass is 16.2. The van der Waals surface area contributed by atoms with Gasteiger partial charge in [-0.3, -0.25) is 9.59 Å². The number of carbonyl (C=O) groups is 2. The molecule has 2 rings (SSSR count). The van der Waals surface area contributed by atoms with Crippen LogP contribution in [-0.4, -0.2) is 43.4 Å². The Bertz CT molecular complexity index is 522. The number of nitrogens with one attached hydrogen (secondary N) is 2. The molecule has 0 heterocycles. The lowest BCUT2D eigenvalue weighted by Gasteiger charge is -2.22. The third kappa shape index (κ3) is 4.76. The summed E-state index contributed by atoms with van der Waals surface area (Å²) in [6.07, 6.45) is 5.80. The fraction of sp³-hybridized carbons (Fsp3) is 0.529. The van der Waals surface area contributed by atoms with Crippen LogP contribution in [0.3, 0.4) is 0 Å². The lowest BCUT2D eigenvalue weighted by molar-refractivity contribution is -0.126. The van der Waals surface area contributed by atoms with E-state index in [0.29, 0.717) is 11.6 Å². The molecule has 22 heavy (non-hydrogen) atoms. The normalized spacial score (nSPS) is 15.2. The zero-order valence-electron chi connectivity index (χ0n) is 13.4. The first-order valence-electron chi connectivity index (χ1n) is 7.91. The topological polar surface area (TPSA) is 61.4 Å². The van der Waals surface area contributed by atoms with E-state index in [-0.39, 0.29) is 18.4 Å². The summed E-state index contributed by atoms with van der Waals surface area (Å²) in [5, 5.41) is 6.16. The number of benzene rings is 1. The monoisotopic (exact) mass is 303 g/mol. The maximum atomic E-state index is 12.3. The average Bonchev–Trinajstić information content (AvgIpc) is 2.53. The first-order valence-corrected chi connectivity index (χ1v) is 7.91. The second-order valence-corrected chi connectivity index (χ2v) is 6.03. The molecule has 120 valence electrons. The molecule has 0 aromatic heterocycles. The Morgan fingerprint density at radius 1 is 1.18 bits per heavy atom. The van der Waals surface area contributed by atoms with Crippen molar-refractivity contribution in [2.24, 2.45) is 0 Å². The van der Waals surface area contributed by atoms with E-state index in [1.54, 1.807) is 26.2 Å². The molecule has 1 aromatic rings. The van der Waals surface area contributed by atoms with E-state index in [1.165, 1.54) is 24.2 Å². The van der Waals surface area contributed by atoms with Gasteiger partial charge in [-0.15, -0.1) is 0 Å². The lowest BCUT2D eigenvalue weighted by Crippen LogP contribution is -2.36. The standard InChI is InChI=1S/C17H25N3O2/c1-20(2)16(21)12-18-15-10-6-7-13(11-15)17(22)19-14-8-4-3-5-9-14/h6-7,10-11,14,18H,3-5,8-9,12H2,1-2H3,(H,19,22). The molecular weight excluding hydrogens is 278 g/mol. The van der Waals surface area contributed by atoms with Gasteiger partial charge >= 0.3 is 0 Å². The molecule has 1 aliphatic rings. The molecule has 1 aliphatic carbocycles. The third-order valence-corrected chi connectivity index (χ3v) is 4.01. The van der Waals surface area contributed by atoms with Gasteiger partial charge < -0.3 is 15.5 Å². The highest BCUT2D eigenvalue weighted by Gasteiger charge is 2.16. The summed E-state index contributed by atoms with van der Waals surface area (Å²) in [7, 11) is 3.44. The Morgan fingerprint density at radius 2 is 1.91 bits per heavy atom. The minimum Gasteiger partial charge on any atom is -0.376 e. The second kappa shape index (κ2) is 7.82. The molecule has 0 radical (unpaired) electrons. The van der Waals surface area contributed by atoms with Gasteiger partial charge in [-0.25, -0.2) is 0 Å². The largest absolute Gasteiger partial charge is 0.376 e. The van der Waals surface area contributed by atoms with Crippen molar-refractivity contribution in [3.63, 3.8) is 0 Å². The lowest BCUT2D eigenvalue weighted by atomic mass is 9.95. The SMILES string of the molecule is CN(C)C(=O)CNc1cccc(C(=O)NC2CCCCC2)c1. The first-order chi connectivity index (χ1) is 10.6. The van der Waals surface area contributed by atoms with Crippen LogP contribution in [0.25, 0.3) is 0 Å². The van der Waals surface area contributed by atoms with E-state index in [0.717, 1.165) is 18.5 Å². The van der Waals surface area contributed by atoms with Crippen LogP contribution in [0.4, 0.5) is 5.69 Å². The molecule has 0 bridgehead atoms. The summed E-state index contributed by atoms with van der Waals surface area (Å²) in [5.41, 5.74) is 1.42. The summed E-state index contributed by atoms with van der Waals surface area (Å²) in [6.45, 7) is 0.223. The molecule has 1 aromatic carbocycles. The predicted molar refractivity (Wildman–Crippen MR) is 88.0 cm³/mol. The van der Waals surface area contributed by atoms with Crippen molar-refractivity contribution in [2.45, 2.75) is 38.1 Å². The molecule has 2 N–H and O–H groups in total. The van der Waals surface area contributed by atoms with Crippen molar-refractivity contribution < 1.29 is 9.59 Å². The Labute approximate surface area is 132 Å². The van der Waals surface area contributed by atoms with Crippen LogP contribution in [0.1, 0.15) is 42.5 Å². The van der Waals surface area contributed by atoms with Crippen molar-refractivity contribution in [3.8, 4) is 0 Å². The molecule has 0 unspecified atom stereocenters. The van der Waals surface area contributed by atoms with E-state index in [1.807, 2.05) is 12.1 Å². The van der Waals surface area contributed by atoms with Gasteiger partial charge in [0.1, 0.15) is 0 Å². The van der Waals surface area contributed by atoms with Crippen LogP contribution >= 0.6 is 0 Å². The fourth-order valence-corrected chi connectivity index (χ4v) is 2.62. The van der Waals surface area contributed by atoms with Crippen LogP contribution in [0, 0.1) is 0 Å². The summed E-state index contributed by atoms with van der Waals surface area (Å²) < 4.78 is 0. The molecule has 0 aliphatic heterocycles. The van der Waals surface area contributed by atoms with Gasteiger partial charge in [0.15, 0.2) is 0 Å². The minimum atomic E-state index is -0.0329. The number of hydrogen-bond donors (Lipinski definition) is 2. The van der Waals surface area contributed by atoms with E-state index in [2.05, 4.69) is 10.6 Å². The van der Waals surface area contributed by atoms with Crippen molar-refractivity contribution in [1.82, 2.24) is 10.2 Å². The van der Waals surface area contributed by atoms with E-state index in [9.17, 15) is 9.59 Å². The molecule has 1 fully saturated rings. The number of likely N-dealkylation sites (N-methyl/N-ethyl adjacent to an activating group) is 1. The molecule has 0 spiro atoms. The fourth-order valence-electron chi connectivity index (χ4n) is 2.62. The van der Waals surface area contributed by atoms with Crippen LogP contribution < -0.4 is 10.6 Å². The van der Waals surface area contributed by atoms with Crippen molar-refractivity contribution >= 4 is 17.5 Å². The van der Waals surface area contributed by atoms with Gasteiger partial charge in [-0.1, -0.05) is 25.3 Å². The van der Waals surface area contributed by atoms with Crippen molar-refractivity contribution in [3.05, 3.63) is 29.8 Å². The summed E-state index contributed by atoms with van der Waals surface area (Å²) in [4.78, 5) is 25.4. The number of nitrogens with zero attached hydrogens (tertiary/aromatic N) is 1. The van der Waals surface area contributed by atoms with E-state index in [4.69, 9.17) is 0 Å². The smallest absolute Gasteiger partial charge is 0.251 e. The van der Waals surface area contributed by atoms with Gasteiger partial charge in [0.25, 0.3) is 5.91 Å². The van der Waals surface area contributed by atoms with Crippen molar-refractivity contribution in [1.29, 1.82) is 0 Å². The number of hydrogen-bond acceptors (Lipinski definition) is 3. The maximum absolute atomic E-state index is 12.3. The predicted octanol–water partition coefficient (Wildman–Crippen LogP) is 2.25. The number of amides is 2. The molecule has 0 atom stereocenters. The van der Waals surface area contributed by atoms with Crippen LogP contribution in [-0.2, 0) is 4.79 Å².